The van der Waals surface area contributed by atoms with E-state index in [1.807, 2.05) is 66.0 Å². The number of urea groups is 2. The number of carbonyl (C=O) groups is 6. The molecule has 2 aromatic carbocycles. The number of aromatic nitrogens is 1. The largest absolute Gasteiger partial charge is 0.490 e. The van der Waals surface area contributed by atoms with Gasteiger partial charge in [0.05, 0.1) is 19.6 Å². The number of alkyl halides is 3. The van der Waals surface area contributed by atoms with Crippen LogP contribution in [-0.2, 0) is 39.6 Å². The highest BCUT2D eigenvalue weighted by Crippen LogP contribution is 2.33. The van der Waals surface area contributed by atoms with E-state index in [1.165, 1.54) is 6.07 Å². The van der Waals surface area contributed by atoms with Gasteiger partial charge in [0.15, 0.2) is 11.5 Å². The third kappa shape index (κ3) is 10.7. The SMILES string of the molecule is NCc1nc(C(=O)NN2CCN(S(=O)(=O)NC(=O)N3CC(NC(=O)O)C3=O)C2=O)cc(OCc2ccccc2)c1OCc1ccccc1.O=C(O)C(F)(F)F. The van der Waals surface area contributed by atoms with Gasteiger partial charge in [-0.2, -0.15) is 21.6 Å². The number of β-lactam (4-membered cyclic amide) rings is 1. The molecule has 3 aromatic rings. The Hall–Kier alpha value is -6.69. The van der Waals surface area contributed by atoms with Crippen molar-refractivity contribution in [3.63, 3.8) is 0 Å². The topological polar surface area (TPSA) is 280 Å². The highest BCUT2D eigenvalue weighted by Gasteiger charge is 2.45. The molecule has 3 heterocycles. The van der Waals surface area contributed by atoms with E-state index in [0.29, 0.717) is 9.91 Å². The Bertz CT molecular complexity index is 2040. The standard InChI is InChI=1S/C29H30N8O10S.C2HF3O2/c30-14-21-24(47-17-19-9-5-2-6-10-19)23(46-16-18-7-3-1-4-8-18)13-20(31-21)25(38)33-36-11-12-37(29(36)43)48(44,45)34-27(40)35-15-22(26(35)39)32-28(41)42;3-2(4,5)1(6)7/h1-10,13,22,32H,11-12,14-17,30H2,(H,33,38)(H,34,40)(H,41,42);(H,6,7). The summed E-state index contributed by atoms with van der Waals surface area (Å²) < 4.78 is 71.3. The zero-order valence-electron chi connectivity index (χ0n) is 28.1. The van der Waals surface area contributed by atoms with Crippen molar-refractivity contribution >= 4 is 46.1 Å². The van der Waals surface area contributed by atoms with Crippen molar-refractivity contribution in [3.8, 4) is 11.5 Å². The summed E-state index contributed by atoms with van der Waals surface area (Å²) in [6, 6.07) is 16.0. The Morgan fingerprint density at radius 2 is 1.49 bits per heavy atom. The van der Waals surface area contributed by atoms with Crippen LogP contribution in [0, 0.1) is 0 Å². The molecule has 1 unspecified atom stereocenters. The first-order valence-corrected chi connectivity index (χ1v) is 17.0. The molecule has 55 heavy (non-hydrogen) atoms. The average molecular weight is 797 g/mol. The van der Waals surface area contributed by atoms with Gasteiger partial charge in [0.1, 0.15) is 30.6 Å². The van der Waals surface area contributed by atoms with Crippen LogP contribution < -0.4 is 30.7 Å². The summed E-state index contributed by atoms with van der Waals surface area (Å²) in [7, 11) is -4.82. The molecule has 2 aliphatic heterocycles. The molecule has 0 bridgehead atoms. The number of pyridine rings is 1. The number of rotatable bonds is 12. The number of hydrogen-bond acceptors (Lipinski definition) is 12. The maximum absolute atomic E-state index is 13.3. The highest BCUT2D eigenvalue weighted by atomic mass is 32.2. The number of amides is 7. The van der Waals surface area contributed by atoms with Gasteiger partial charge >= 0.3 is 40.5 Å². The number of aliphatic carboxylic acids is 1. The fraction of sp³-hybridized carbons (Fsp3) is 0.258. The number of imide groups is 1. The summed E-state index contributed by atoms with van der Waals surface area (Å²) >= 11 is 0. The Labute approximate surface area is 308 Å². The van der Waals surface area contributed by atoms with E-state index in [2.05, 4.69) is 10.4 Å². The fourth-order valence-corrected chi connectivity index (χ4v) is 5.72. The highest BCUT2D eigenvalue weighted by molar-refractivity contribution is 7.88. The molecule has 2 saturated heterocycles. The summed E-state index contributed by atoms with van der Waals surface area (Å²) in [5, 5.41) is 18.4. The number of benzene rings is 2. The van der Waals surface area contributed by atoms with E-state index < -0.39 is 71.5 Å². The predicted molar refractivity (Wildman–Crippen MR) is 178 cm³/mol. The number of hydrazine groups is 1. The first-order valence-electron chi connectivity index (χ1n) is 15.6. The second-order valence-corrected chi connectivity index (χ2v) is 12.7. The molecule has 20 nitrogen and oxygen atoms in total. The molecule has 0 spiro atoms. The smallest absolute Gasteiger partial charge is 0.485 e. The number of ether oxygens (including phenoxy) is 2. The van der Waals surface area contributed by atoms with Crippen LogP contribution in [0.5, 0.6) is 11.5 Å². The maximum atomic E-state index is 13.3. The Morgan fingerprint density at radius 3 is 2.00 bits per heavy atom. The van der Waals surface area contributed by atoms with E-state index in [9.17, 15) is 45.6 Å². The second kappa shape index (κ2) is 17.4. The zero-order valence-corrected chi connectivity index (χ0v) is 28.9. The van der Waals surface area contributed by atoms with Gasteiger partial charge in [0.25, 0.3) is 11.8 Å². The average Bonchev–Trinajstić information content (AvgIpc) is 3.51. The molecule has 2 aliphatic rings. The van der Waals surface area contributed by atoms with Crippen molar-refractivity contribution in [2.75, 3.05) is 19.6 Å². The van der Waals surface area contributed by atoms with Crippen LogP contribution in [0.25, 0.3) is 0 Å². The van der Waals surface area contributed by atoms with Crippen LogP contribution in [0.1, 0.15) is 27.3 Å². The summed E-state index contributed by atoms with van der Waals surface area (Å²) in [6.45, 7) is -1.05. The number of hydrogen-bond donors (Lipinski definition) is 6. The number of nitrogens with one attached hydrogen (secondary N) is 3. The van der Waals surface area contributed by atoms with Crippen LogP contribution in [0.3, 0.4) is 0 Å². The molecule has 0 saturated carbocycles. The van der Waals surface area contributed by atoms with E-state index in [4.69, 9.17) is 30.2 Å². The second-order valence-electron chi connectivity index (χ2n) is 11.1. The van der Waals surface area contributed by atoms with Gasteiger partial charge in [0, 0.05) is 12.6 Å². The van der Waals surface area contributed by atoms with Crippen LogP contribution in [-0.4, -0.2) is 106 Å². The molecule has 1 aromatic heterocycles. The number of nitrogens with two attached hydrogens (primary N) is 1. The maximum Gasteiger partial charge on any atom is 0.490 e. The van der Waals surface area contributed by atoms with Crippen LogP contribution in [0.2, 0.25) is 0 Å². The van der Waals surface area contributed by atoms with E-state index in [-0.39, 0.29) is 53.5 Å². The molecule has 7 amide bonds. The number of halogens is 3. The lowest BCUT2D eigenvalue weighted by molar-refractivity contribution is -0.192. The molecule has 24 heteroatoms. The van der Waals surface area contributed by atoms with Crippen LogP contribution in [0.4, 0.5) is 27.6 Å². The number of nitrogens with zero attached hydrogens (tertiary/aromatic N) is 4. The molecule has 0 aliphatic carbocycles. The van der Waals surface area contributed by atoms with Gasteiger partial charge in [-0.15, -0.1) is 0 Å². The molecule has 2 fully saturated rings. The Morgan fingerprint density at radius 1 is 0.927 bits per heavy atom. The number of carboxylic acids is 1. The summed E-state index contributed by atoms with van der Waals surface area (Å²) in [6.07, 6.45) is -6.58. The van der Waals surface area contributed by atoms with Gasteiger partial charge in [-0.05, 0) is 11.1 Å². The van der Waals surface area contributed by atoms with Crippen molar-refractivity contribution in [1.82, 2.24) is 34.7 Å². The third-order valence-corrected chi connectivity index (χ3v) is 8.68. The van der Waals surface area contributed by atoms with Crippen LogP contribution >= 0.6 is 0 Å². The lowest BCUT2D eigenvalue weighted by Gasteiger charge is -2.36. The lowest BCUT2D eigenvalue weighted by atomic mass is 10.1. The summed E-state index contributed by atoms with van der Waals surface area (Å²) in [4.78, 5) is 75.0. The molecule has 1 atom stereocenters. The minimum Gasteiger partial charge on any atom is -0.485 e. The van der Waals surface area contributed by atoms with E-state index >= 15 is 0 Å². The van der Waals surface area contributed by atoms with E-state index in [0.717, 1.165) is 11.1 Å². The van der Waals surface area contributed by atoms with Crippen molar-refractivity contribution in [3.05, 3.63) is 89.2 Å². The fourth-order valence-electron chi connectivity index (χ4n) is 4.65. The number of carbonyl (C=O) groups excluding carboxylic acids is 4. The Kier molecular flexibility index (Phi) is 13.0. The minimum absolute atomic E-state index is 0.112. The molecular weight excluding hydrogens is 765 g/mol. The lowest BCUT2D eigenvalue weighted by Crippen LogP contribution is -2.67. The monoisotopic (exact) mass is 796 g/mol. The number of likely N-dealkylation sites (tertiary alicyclic amines) is 1. The summed E-state index contributed by atoms with van der Waals surface area (Å²) in [5.74, 6) is -4.27. The quantitative estimate of drug-likeness (QED) is 0.140. The van der Waals surface area contributed by atoms with Crippen molar-refractivity contribution in [1.29, 1.82) is 0 Å². The van der Waals surface area contributed by atoms with E-state index in [1.54, 1.807) is 4.72 Å². The van der Waals surface area contributed by atoms with Crippen LogP contribution in [0.15, 0.2) is 66.7 Å². The van der Waals surface area contributed by atoms with Crippen molar-refractivity contribution in [2.45, 2.75) is 32.0 Å². The third-order valence-electron chi connectivity index (χ3n) is 7.33. The Balaban J connectivity index is 0.000000876. The molecule has 0 radical (unpaired) electrons. The van der Waals surface area contributed by atoms with Crippen molar-refractivity contribution in [2.24, 2.45) is 5.73 Å². The van der Waals surface area contributed by atoms with Gasteiger partial charge in [0.2, 0.25) is 0 Å². The molecule has 294 valence electrons. The normalized spacial score (nSPS) is 15.3. The van der Waals surface area contributed by atoms with Crippen molar-refractivity contribution < 1.29 is 70.0 Å². The molecular formula is C31H31F3N8O12S. The van der Waals surface area contributed by atoms with Gasteiger partial charge in [-0.25, -0.2) is 38.2 Å². The van der Waals surface area contributed by atoms with Gasteiger partial charge in [-0.1, -0.05) is 60.7 Å². The van der Waals surface area contributed by atoms with Gasteiger partial charge in [-0.3, -0.25) is 19.9 Å². The van der Waals surface area contributed by atoms with Gasteiger partial charge < -0.3 is 30.7 Å². The zero-order chi connectivity index (χ0) is 40.5. The molecule has 7 N–H and O–H groups in total. The minimum atomic E-state index is -5.08. The predicted octanol–water partition coefficient (Wildman–Crippen LogP) is 1.15. The first kappa shape index (κ1) is 41.1. The summed E-state index contributed by atoms with van der Waals surface area (Å²) in [5.41, 5.74) is 9.93. The molecule has 5 rings (SSSR count). The first-order chi connectivity index (χ1) is 25.9. The number of carboxylic acid groups (broad SMARTS) is 2.